The fourth-order valence-electron chi connectivity index (χ4n) is 4.55. The summed E-state index contributed by atoms with van der Waals surface area (Å²) in [6.07, 6.45) is 0. The molecular weight excluding hydrogens is 933 g/mol. The van der Waals surface area contributed by atoms with Crippen LogP contribution in [0.1, 0.15) is 63.8 Å². The molecule has 6 aromatic rings. The van der Waals surface area contributed by atoms with Crippen LogP contribution in [-0.4, -0.2) is 0 Å². The van der Waals surface area contributed by atoms with Crippen LogP contribution in [0, 0.1) is 35.3 Å². The van der Waals surface area contributed by atoms with Gasteiger partial charge in [-0.1, -0.05) is 0 Å². The zero-order valence-electron chi connectivity index (χ0n) is 30.1. The van der Waals surface area contributed by atoms with Crippen LogP contribution in [0.5, 0.6) is 0 Å². The van der Waals surface area contributed by atoms with Gasteiger partial charge in [-0.25, -0.2) is 0 Å². The van der Waals surface area contributed by atoms with Crippen LogP contribution in [-0.2, 0) is 10.8 Å². The third-order valence-electron chi connectivity index (χ3n) is 7.56. The summed E-state index contributed by atoms with van der Waals surface area (Å²) in [4.78, 5) is 0. The van der Waals surface area contributed by atoms with Gasteiger partial charge >= 0.3 is 331 Å². The van der Waals surface area contributed by atoms with Crippen molar-refractivity contribution in [3.05, 3.63) is 201 Å². The van der Waals surface area contributed by atoms with E-state index in [0.717, 1.165) is 0 Å². The van der Waals surface area contributed by atoms with Gasteiger partial charge in [0.25, 0.3) is 0 Å². The summed E-state index contributed by atoms with van der Waals surface area (Å²) in [6, 6.07) is 57.6. The van der Waals surface area contributed by atoms with Gasteiger partial charge in [-0.05, 0) is 0 Å². The molecule has 0 bridgehead atoms. The van der Waals surface area contributed by atoms with Crippen molar-refractivity contribution >= 4 is 0 Å². The molecule has 0 amide bonds. The molecule has 0 nitrogen and oxygen atoms in total. The molecule has 0 aliphatic carbocycles. The molecule has 0 spiro atoms. The van der Waals surface area contributed by atoms with Crippen LogP contribution < -0.4 is 63.6 Å². The Kier molecular flexibility index (Phi) is 15.4. The minimum absolute atomic E-state index is 0.00313. The Morgan fingerprint density at radius 1 is 0.286 bits per heavy atom. The van der Waals surface area contributed by atoms with Crippen molar-refractivity contribution in [2.24, 2.45) is 0 Å². The summed E-state index contributed by atoms with van der Waals surface area (Å²) >= 11 is -0.0385. The number of aryl methyl sites for hydroxylation is 2. The first-order valence-corrected chi connectivity index (χ1v) is 23.2. The van der Waals surface area contributed by atoms with Crippen LogP contribution in [0.25, 0.3) is 0 Å². The second-order valence-electron chi connectivity index (χ2n) is 14.0. The second-order valence-corrected chi connectivity index (χ2v) is 23.1. The van der Waals surface area contributed by atoms with Crippen LogP contribution in [0.15, 0.2) is 158 Å². The Bertz CT molecular complexity index is 1660. The molecule has 0 heterocycles. The topological polar surface area (TPSA) is 0 Å². The van der Waals surface area contributed by atoms with E-state index in [1.165, 1.54) is 43.7 Å². The van der Waals surface area contributed by atoms with Crippen molar-refractivity contribution in [2.75, 3.05) is 0 Å². The molecule has 258 valence electrons. The van der Waals surface area contributed by atoms with E-state index < -0.39 is 0 Å². The van der Waals surface area contributed by atoms with E-state index in [9.17, 15) is 0 Å². The fraction of sp³-hybridized carbons (Fsp3) is 0.217. The summed E-state index contributed by atoms with van der Waals surface area (Å²) in [6.45, 7) is 17.9. The van der Waals surface area contributed by atoms with Gasteiger partial charge in [0.05, 0.1) is 0 Å². The zero-order chi connectivity index (χ0) is 35.3. The summed E-state index contributed by atoms with van der Waals surface area (Å²) < 4.78 is 8.92. The van der Waals surface area contributed by atoms with E-state index in [4.69, 9.17) is 0 Å². The van der Waals surface area contributed by atoms with E-state index in [1.54, 1.807) is 0 Å². The van der Waals surface area contributed by atoms with E-state index in [1.807, 2.05) is 0 Å². The number of rotatable bonds is 6. The fourth-order valence-corrected chi connectivity index (χ4v) is 11.1. The predicted octanol–water partition coefficient (Wildman–Crippen LogP) is 2.66. The monoisotopic (exact) mass is 983 g/mol. The number of hydrogen-bond donors (Lipinski definition) is 0. The molecule has 0 saturated carbocycles. The summed E-state index contributed by atoms with van der Waals surface area (Å²) in [5.74, 6) is 0. The molecule has 0 unspecified atom stereocenters. The average Bonchev–Trinajstić information content (AvgIpc) is 3.08. The molecule has 0 fully saturated rings. The van der Waals surface area contributed by atoms with Crippen molar-refractivity contribution < 1.29 is 63.6 Å². The van der Waals surface area contributed by atoms with Gasteiger partial charge in [0.1, 0.15) is 0 Å². The van der Waals surface area contributed by atoms with Crippen molar-refractivity contribution in [3.63, 3.8) is 0 Å². The zero-order valence-corrected chi connectivity index (χ0v) is 36.6. The molecule has 0 aliphatic rings. The van der Waals surface area contributed by atoms with Gasteiger partial charge in [-0.2, -0.15) is 0 Å². The van der Waals surface area contributed by atoms with Gasteiger partial charge in [0.15, 0.2) is 0 Å². The Labute approximate surface area is 328 Å². The van der Waals surface area contributed by atoms with Crippen LogP contribution in [0.2, 0.25) is 0 Å². The van der Waals surface area contributed by atoms with Crippen LogP contribution >= 0.6 is 0 Å². The summed E-state index contributed by atoms with van der Waals surface area (Å²) in [5, 5.41) is 0. The van der Waals surface area contributed by atoms with Gasteiger partial charge in [-0.15, -0.1) is 0 Å². The summed E-state index contributed by atoms with van der Waals surface area (Å²) in [7, 11) is 0. The third kappa shape index (κ3) is 14.3. The minimum atomic E-state index is -0.0703. The quantitative estimate of drug-likeness (QED) is 0.226. The maximum atomic E-state index is 2.31. The number of benzene rings is 6. The molecule has 6 aromatic carbocycles. The predicted molar refractivity (Wildman–Crippen MR) is 198 cm³/mol. The first kappa shape index (κ1) is 39.3. The van der Waals surface area contributed by atoms with E-state index in [-0.39, 0.29) is 74.4 Å². The van der Waals surface area contributed by atoms with Crippen molar-refractivity contribution in [2.45, 2.75) is 66.2 Å². The second kappa shape index (κ2) is 19.2. The molecule has 0 N–H and O–H groups in total. The standard InChI is InChI=1S/C20H26I.C14H14I.C12H10I/c1-19(2,3)15-7-11-17(12-8-15)21-18-13-9-16(10-14-18)20(4,5)6;1-11-3-7-13(8-4-11)15-14-9-5-12(2)6-10-14;1-3-7-11(8-4-1)13-12-9-5-2-6-10-12/h7-14H,1-6H3;3-10H,1-2H3;1-10H/q3*-1. The SMILES string of the molecule is CC(C)(C)c1ccc([I-]c2ccc(C(C)(C)C)cc2)cc1.Cc1ccc([I-]c2ccc(C)cc2)cc1.c1ccc([I-]c2ccccc2)cc1. The Morgan fingerprint density at radius 3 is 0.755 bits per heavy atom. The first-order valence-electron chi connectivity index (χ1n) is 16.7. The number of hydrogen-bond acceptors (Lipinski definition) is 0. The number of halogens is 3. The van der Waals surface area contributed by atoms with Crippen molar-refractivity contribution in [1.82, 2.24) is 0 Å². The Morgan fingerprint density at radius 2 is 0.510 bits per heavy atom. The Balaban J connectivity index is 0.000000171. The first-order chi connectivity index (χ1) is 23.3. The molecule has 0 aliphatic heterocycles. The van der Waals surface area contributed by atoms with Crippen molar-refractivity contribution in [3.8, 4) is 0 Å². The average molecular weight is 984 g/mol. The van der Waals surface area contributed by atoms with Gasteiger partial charge < -0.3 is 0 Å². The molecular formula is C46H50I3-3. The normalized spacial score (nSPS) is 11.3. The van der Waals surface area contributed by atoms with E-state index in [2.05, 4.69) is 213 Å². The molecule has 0 radical (unpaired) electrons. The third-order valence-corrected chi connectivity index (χ3v) is 15.6. The molecule has 0 atom stereocenters. The molecule has 0 aromatic heterocycles. The van der Waals surface area contributed by atoms with Crippen LogP contribution in [0.4, 0.5) is 0 Å². The maximum absolute atomic E-state index is 2.31. The van der Waals surface area contributed by atoms with Gasteiger partial charge in [0, 0.05) is 0 Å². The molecule has 3 heteroatoms. The van der Waals surface area contributed by atoms with Gasteiger partial charge in [0.2, 0.25) is 0 Å². The Hall–Kier alpha value is -2.49. The molecule has 49 heavy (non-hydrogen) atoms. The van der Waals surface area contributed by atoms with Crippen molar-refractivity contribution in [1.29, 1.82) is 0 Å². The molecule has 0 saturated heterocycles. The van der Waals surface area contributed by atoms with E-state index in [0.29, 0.717) is 0 Å². The summed E-state index contributed by atoms with van der Waals surface area (Å²) in [5.41, 5.74) is 5.99. The molecule has 6 rings (SSSR count). The van der Waals surface area contributed by atoms with E-state index >= 15 is 0 Å². The van der Waals surface area contributed by atoms with Crippen LogP contribution in [0.3, 0.4) is 0 Å². The van der Waals surface area contributed by atoms with Gasteiger partial charge in [-0.3, -0.25) is 0 Å².